The zero-order valence-electron chi connectivity index (χ0n) is 12.1. The van der Waals surface area contributed by atoms with Gasteiger partial charge in [0.1, 0.15) is 0 Å². The quantitative estimate of drug-likeness (QED) is 0.623. The van der Waals surface area contributed by atoms with Crippen LogP contribution < -0.4 is 4.74 Å². The van der Waals surface area contributed by atoms with Crippen molar-refractivity contribution in [3.63, 3.8) is 0 Å². The van der Waals surface area contributed by atoms with E-state index in [-0.39, 0.29) is 10.1 Å². The summed E-state index contributed by atoms with van der Waals surface area (Å²) >= 11 is -0.596. The van der Waals surface area contributed by atoms with Crippen molar-refractivity contribution in [3.05, 3.63) is 60.2 Å². The molecule has 0 amide bonds. The first-order valence-corrected chi connectivity index (χ1v) is 8.39. The van der Waals surface area contributed by atoms with Gasteiger partial charge in [0.25, 0.3) is 0 Å². The molecule has 0 N–H and O–H groups in total. The van der Waals surface area contributed by atoms with Crippen LogP contribution in [0.15, 0.2) is 54.6 Å². The number of rotatable bonds is 3. The summed E-state index contributed by atoms with van der Waals surface area (Å²) in [5.74, 6) is 0.596. The minimum atomic E-state index is -4.44. The van der Waals surface area contributed by atoms with Crippen LogP contribution in [0.4, 0.5) is 13.2 Å². The van der Waals surface area contributed by atoms with Crippen LogP contribution in [0.2, 0.25) is 0 Å². The fourth-order valence-corrected chi connectivity index (χ4v) is 4.23. The number of alkyl halides is 3. The molecule has 118 valence electrons. The Morgan fingerprint density at radius 1 is 0.913 bits per heavy atom. The van der Waals surface area contributed by atoms with Crippen molar-refractivity contribution >= 4 is 14.7 Å². The SMILES string of the molecule is COc1ccc(-c2n[se]c(-c3ccccc3)c2C(F)(F)F)cc1. The van der Waals surface area contributed by atoms with E-state index in [0.717, 1.165) is 0 Å². The first-order valence-electron chi connectivity index (χ1n) is 6.77. The molecule has 0 spiro atoms. The molecule has 6 heteroatoms. The van der Waals surface area contributed by atoms with Gasteiger partial charge in [-0.15, -0.1) is 0 Å². The Morgan fingerprint density at radius 3 is 2.13 bits per heavy atom. The van der Waals surface area contributed by atoms with Gasteiger partial charge in [0.15, 0.2) is 0 Å². The fraction of sp³-hybridized carbons (Fsp3) is 0.118. The molecule has 0 atom stereocenters. The predicted molar refractivity (Wildman–Crippen MR) is 83.6 cm³/mol. The van der Waals surface area contributed by atoms with E-state index in [2.05, 4.69) is 3.98 Å². The van der Waals surface area contributed by atoms with Gasteiger partial charge in [-0.2, -0.15) is 0 Å². The van der Waals surface area contributed by atoms with E-state index in [1.807, 2.05) is 0 Å². The van der Waals surface area contributed by atoms with E-state index in [9.17, 15) is 13.2 Å². The van der Waals surface area contributed by atoms with Gasteiger partial charge < -0.3 is 0 Å². The van der Waals surface area contributed by atoms with E-state index in [0.29, 0.717) is 16.9 Å². The summed E-state index contributed by atoms with van der Waals surface area (Å²) in [4.78, 5) is 0. The van der Waals surface area contributed by atoms with Crippen LogP contribution in [0.3, 0.4) is 0 Å². The maximum atomic E-state index is 13.6. The molecule has 0 unspecified atom stereocenters. The summed E-state index contributed by atoms with van der Waals surface area (Å²) in [7, 11) is 1.51. The number of halogens is 3. The van der Waals surface area contributed by atoms with Crippen LogP contribution in [0.25, 0.3) is 21.3 Å². The molecular weight excluding hydrogens is 370 g/mol. The Labute approximate surface area is 137 Å². The zero-order chi connectivity index (χ0) is 16.4. The number of hydrogen-bond donors (Lipinski definition) is 0. The van der Waals surface area contributed by atoms with E-state index in [1.54, 1.807) is 54.6 Å². The molecular formula is C17H12F3NOSe. The number of ether oxygens (including phenoxy) is 1. The fourth-order valence-electron chi connectivity index (χ4n) is 2.29. The second-order valence-corrected chi connectivity index (χ2v) is 6.45. The van der Waals surface area contributed by atoms with E-state index < -0.39 is 26.5 Å². The Hall–Kier alpha value is -2.04. The molecule has 1 heterocycles. The van der Waals surface area contributed by atoms with Crippen molar-refractivity contribution in [2.45, 2.75) is 6.18 Å². The molecule has 0 bridgehead atoms. The van der Waals surface area contributed by atoms with Crippen LogP contribution in [0.5, 0.6) is 5.75 Å². The van der Waals surface area contributed by atoms with Crippen LogP contribution in [-0.4, -0.2) is 25.8 Å². The summed E-state index contributed by atoms with van der Waals surface area (Å²) in [6.07, 6.45) is -4.44. The topological polar surface area (TPSA) is 22.1 Å². The Kier molecular flexibility index (Phi) is 4.28. The first-order chi connectivity index (χ1) is 11.0. The average Bonchev–Trinajstić information content (AvgIpc) is 3.01. The molecule has 2 aromatic carbocycles. The van der Waals surface area contributed by atoms with E-state index in [4.69, 9.17) is 4.74 Å². The van der Waals surface area contributed by atoms with Crippen LogP contribution in [0.1, 0.15) is 5.56 Å². The van der Waals surface area contributed by atoms with Crippen molar-refractivity contribution < 1.29 is 17.9 Å². The van der Waals surface area contributed by atoms with Crippen LogP contribution >= 0.6 is 0 Å². The summed E-state index contributed by atoms with van der Waals surface area (Å²) in [5, 5.41) is 0. The first kappa shape index (κ1) is 15.8. The number of benzene rings is 2. The molecule has 0 aliphatic heterocycles. The number of methoxy groups -OCH3 is 1. The number of nitrogens with zero attached hydrogens (tertiary/aromatic N) is 1. The van der Waals surface area contributed by atoms with Gasteiger partial charge in [-0.1, -0.05) is 0 Å². The Bertz CT molecular complexity index is 795. The average molecular weight is 382 g/mol. The number of aromatic nitrogens is 1. The molecule has 0 aliphatic carbocycles. The molecule has 0 radical (unpaired) electrons. The van der Waals surface area contributed by atoms with Gasteiger partial charge in [-0.3, -0.25) is 0 Å². The Morgan fingerprint density at radius 2 is 1.57 bits per heavy atom. The monoisotopic (exact) mass is 383 g/mol. The third-order valence-electron chi connectivity index (χ3n) is 3.37. The third kappa shape index (κ3) is 3.18. The van der Waals surface area contributed by atoms with E-state index >= 15 is 0 Å². The van der Waals surface area contributed by atoms with E-state index in [1.165, 1.54) is 7.11 Å². The molecule has 0 fully saturated rings. The molecule has 0 saturated heterocycles. The van der Waals surface area contributed by atoms with Gasteiger partial charge in [-0.25, -0.2) is 0 Å². The second kappa shape index (κ2) is 6.22. The van der Waals surface area contributed by atoms with Gasteiger partial charge in [0.2, 0.25) is 0 Å². The maximum absolute atomic E-state index is 13.6. The molecule has 2 nitrogen and oxygen atoms in total. The second-order valence-electron chi connectivity index (χ2n) is 4.83. The molecule has 0 aliphatic rings. The molecule has 23 heavy (non-hydrogen) atoms. The predicted octanol–water partition coefficient (Wildman–Crippen LogP) is 4.50. The Balaban J connectivity index is 2.16. The molecule has 0 saturated carbocycles. The molecule has 3 aromatic rings. The van der Waals surface area contributed by atoms with Gasteiger partial charge in [0, 0.05) is 0 Å². The molecule has 3 rings (SSSR count). The van der Waals surface area contributed by atoms with Gasteiger partial charge >= 0.3 is 137 Å². The van der Waals surface area contributed by atoms with Crippen LogP contribution in [-0.2, 0) is 6.18 Å². The van der Waals surface area contributed by atoms with Crippen molar-refractivity contribution in [1.29, 1.82) is 0 Å². The van der Waals surface area contributed by atoms with Gasteiger partial charge in [-0.05, 0) is 0 Å². The van der Waals surface area contributed by atoms with Gasteiger partial charge in [0.05, 0.1) is 0 Å². The number of hydrogen-bond acceptors (Lipinski definition) is 2. The normalized spacial score (nSPS) is 11.5. The standard InChI is InChI=1S/C17H12F3NOSe/c1-22-13-9-7-11(8-10-13)15-14(17(18,19)20)16(23-21-15)12-5-3-2-4-6-12/h2-10H,1H3. The summed E-state index contributed by atoms with van der Waals surface area (Å²) < 4.78 is 50.4. The van der Waals surface area contributed by atoms with Crippen molar-refractivity contribution in [1.82, 2.24) is 3.98 Å². The zero-order valence-corrected chi connectivity index (χ0v) is 13.8. The van der Waals surface area contributed by atoms with Crippen LogP contribution in [0, 0.1) is 0 Å². The van der Waals surface area contributed by atoms with Crippen molar-refractivity contribution in [2.75, 3.05) is 7.11 Å². The summed E-state index contributed by atoms with van der Waals surface area (Å²) in [6.45, 7) is 0. The summed E-state index contributed by atoms with van der Waals surface area (Å²) in [6, 6.07) is 15.1. The minimum absolute atomic E-state index is 0.0130. The third-order valence-corrected chi connectivity index (χ3v) is 5.26. The van der Waals surface area contributed by atoms with Crippen molar-refractivity contribution in [2.24, 2.45) is 0 Å². The van der Waals surface area contributed by atoms with Crippen molar-refractivity contribution in [3.8, 4) is 27.0 Å². The molecule has 1 aromatic heterocycles. The summed E-state index contributed by atoms with van der Waals surface area (Å²) in [5.41, 5.74) is 0.408.